The van der Waals surface area contributed by atoms with Gasteiger partial charge >= 0.3 is 0 Å². The highest BCUT2D eigenvalue weighted by Gasteiger charge is 2.27. The summed E-state index contributed by atoms with van der Waals surface area (Å²) in [6, 6.07) is 13.3. The Kier molecular flexibility index (Phi) is 8.04. The van der Waals surface area contributed by atoms with Crippen LogP contribution >= 0.6 is 0 Å². The molecule has 2 aromatic carbocycles. The summed E-state index contributed by atoms with van der Waals surface area (Å²) in [5.74, 6) is 1.48. The van der Waals surface area contributed by atoms with Crippen LogP contribution in [-0.4, -0.2) is 26.9 Å². The molecule has 4 rings (SSSR count). The van der Waals surface area contributed by atoms with Gasteiger partial charge in [-0.25, -0.2) is 4.98 Å². The fourth-order valence-electron chi connectivity index (χ4n) is 5.40. The zero-order chi connectivity index (χ0) is 24.9. The molecule has 3 aromatic rings. The Morgan fingerprint density at radius 2 is 1.89 bits per heavy atom. The second kappa shape index (κ2) is 11.2. The summed E-state index contributed by atoms with van der Waals surface area (Å²) < 4.78 is 1.75. The Morgan fingerprint density at radius 3 is 2.63 bits per heavy atom. The average molecular weight is 474 g/mol. The zero-order valence-corrected chi connectivity index (χ0v) is 21.7. The minimum Gasteiger partial charge on any atom is -0.333 e. The fraction of sp³-hybridized carbons (Fsp3) is 0.500. The number of aromatic nitrogens is 2. The molecule has 1 heterocycles. The molecule has 0 spiro atoms. The van der Waals surface area contributed by atoms with Crippen LogP contribution in [0.25, 0.3) is 16.6 Å². The largest absolute Gasteiger partial charge is 0.333 e. The van der Waals surface area contributed by atoms with Gasteiger partial charge in [-0.1, -0.05) is 63.3 Å². The topological polar surface area (TPSA) is 55.2 Å². The van der Waals surface area contributed by atoms with Crippen molar-refractivity contribution in [2.45, 2.75) is 85.1 Å². The molecule has 5 heteroatoms. The van der Waals surface area contributed by atoms with E-state index in [1.165, 1.54) is 25.7 Å². The van der Waals surface area contributed by atoms with Gasteiger partial charge in [0.2, 0.25) is 5.91 Å². The van der Waals surface area contributed by atoms with Crippen LogP contribution in [-0.2, 0) is 4.79 Å². The van der Waals surface area contributed by atoms with Gasteiger partial charge in [-0.05, 0) is 68.9 Å². The maximum atomic E-state index is 13.8. The van der Waals surface area contributed by atoms with Crippen molar-refractivity contribution in [2.24, 2.45) is 5.92 Å². The van der Waals surface area contributed by atoms with Gasteiger partial charge in [0.15, 0.2) is 0 Å². The molecule has 1 fully saturated rings. The minimum atomic E-state index is -0.310. The number of nitrogens with zero attached hydrogens (tertiary/aromatic N) is 3. The molecule has 0 radical (unpaired) electrons. The van der Waals surface area contributed by atoms with Gasteiger partial charge in [-0.3, -0.25) is 14.2 Å². The third-order valence-electron chi connectivity index (χ3n) is 7.56. The van der Waals surface area contributed by atoms with Crippen LogP contribution in [0.2, 0.25) is 0 Å². The first kappa shape index (κ1) is 25.2. The summed E-state index contributed by atoms with van der Waals surface area (Å²) in [5.41, 5.74) is 3.52. The van der Waals surface area contributed by atoms with E-state index in [1.54, 1.807) is 4.57 Å². The molecule has 1 unspecified atom stereocenters. The van der Waals surface area contributed by atoms with E-state index in [0.29, 0.717) is 35.6 Å². The van der Waals surface area contributed by atoms with Gasteiger partial charge in [0, 0.05) is 13.0 Å². The van der Waals surface area contributed by atoms with Crippen LogP contribution in [0.5, 0.6) is 0 Å². The molecular weight excluding hydrogens is 434 g/mol. The maximum absolute atomic E-state index is 13.8. The second-order valence-electron chi connectivity index (χ2n) is 10.2. The van der Waals surface area contributed by atoms with Crippen molar-refractivity contribution in [3.05, 3.63) is 69.8 Å². The molecule has 0 N–H and O–H groups in total. The molecular formula is C30H39N3O2. The van der Waals surface area contributed by atoms with Gasteiger partial charge in [-0.15, -0.1) is 0 Å². The quantitative estimate of drug-likeness (QED) is 0.349. The summed E-state index contributed by atoms with van der Waals surface area (Å²) in [4.78, 5) is 34.4. The number of carbonyl (C=O) groups is 1. The number of hydrogen-bond acceptors (Lipinski definition) is 3. The Hall–Kier alpha value is -2.95. The number of rotatable bonds is 9. The lowest BCUT2D eigenvalue weighted by Crippen LogP contribution is -2.38. The maximum Gasteiger partial charge on any atom is 0.266 e. The monoisotopic (exact) mass is 473 g/mol. The van der Waals surface area contributed by atoms with Crippen molar-refractivity contribution < 1.29 is 4.79 Å². The third kappa shape index (κ3) is 5.50. The van der Waals surface area contributed by atoms with Crippen molar-refractivity contribution in [3.8, 4) is 5.69 Å². The summed E-state index contributed by atoms with van der Waals surface area (Å²) >= 11 is 0. The molecule has 0 aliphatic heterocycles. The molecule has 0 bridgehead atoms. The van der Waals surface area contributed by atoms with E-state index in [9.17, 15) is 9.59 Å². The number of amides is 1. The van der Waals surface area contributed by atoms with E-state index in [4.69, 9.17) is 4.98 Å². The third-order valence-corrected chi connectivity index (χ3v) is 7.56. The first-order valence-corrected chi connectivity index (χ1v) is 13.3. The van der Waals surface area contributed by atoms with Crippen molar-refractivity contribution in [2.75, 3.05) is 6.54 Å². The molecule has 1 saturated carbocycles. The Morgan fingerprint density at radius 1 is 1.14 bits per heavy atom. The molecule has 0 saturated heterocycles. The number of hydrogen-bond donors (Lipinski definition) is 0. The molecule has 1 aliphatic carbocycles. The second-order valence-corrected chi connectivity index (χ2v) is 10.2. The number of fused-ring (bicyclic) bond motifs is 1. The highest BCUT2D eigenvalue weighted by molar-refractivity contribution is 5.79. The number of aryl methyl sites for hydroxylation is 2. The lowest BCUT2D eigenvalue weighted by Gasteiger charge is -2.31. The zero-order valence-electron chi connectivity index (χ0n) is 21.7. The van der Waals surface area contributed by atoms with Crippen LogP contribution in [0.3, 0.4) is 0 Å². The van der Waals surface area contributed by atoms with Crippen molar-refractivity contribution in [1.82, 2.24) is 14.5 Å². The van der Waals surface area contributed by atoms with Crippen molar-refractivity contribution in [1.29, 1.82) is 0 Å². The van der Waals surface area contributed by atoms with Gasteiger partial charge in [0.1, 0.15) is 5.82 Å². The SMILES string of the molecule is CCCCN(C(=O)CCC1CCCC1)C(C)c1nc2ccccc2c(=O)n1-c1cc(C)ccc1C. The van der Waals surface area contributed by atoms with E-state index >= 15 is 0 Å². The molecule has 1 atom stereocenters. The van der Waals surface area contributed by atoms with Crippen LogP contribution in [0.1, 0.15) is 88.2 Å². The first-order valence-electron chi connectivity index (χ1n) is 13.3. The number of carbonyl (C=O) groups excluding carboxylic acids is 1. The van der Waals surface area contributed by atoms with Crippen LogP contribution in [0.4, 0.5) is 0 Å². The predicted molar refractivity (Wildman–Crippen MR) is 143 cm³/mol. The van der Waals surface area contributed by atoms with E-state index in [1.807, 2.05) is 62.1 Å². The van der Waals surface area contributed by atoms with Crippen molar-refractivity contribution >= 4 is 16.8 Å². The minimum absolute atomic E-state index is 0.0833. The van der Waals surface area contributed by atoms with E-state index in [0.717, 1.165) is 36.1 Å². The first-order chi connectivity index (χ1) is 16.9. The van der Waals surface area contributed by atoms with Crippen LogP contribution < -0.4 is 5.56 Å². The van der Waals surface area contributed by atoms with Crippen molar-refractivity contribution in [3.63, 3.8) is 0 Å². The molecule has 186 valence electrons. The fourth-order valence-corrected chi connectivity index (χ4v) is 5.40. The number of para-hydroxylation sites is 1. The average Bonchev–Trinajstić information content (AvgIpc) is 3.38. The molecule has 1 amide bonds. The van der Waals surface area contributed by atoms with E-state index in [2.05, 4.69) is 13.0 Å². The van der Waals surface area contributed by atoms with Crippen LogP contribution in [0, 0.1) is 19.8 Å². The Bertz CT molecular complexity index is 1240. The smallest absolute Gasteiger partial charge is 0.266 e. The van der Waals surface area contributed by atoms with Gasteiger partial charge in [0.25, 0.3) is 5.56 Å². The summed E-state index contributed by atoms with van der Waals surface area (Å²) in [6.07, 6.45) is 8.54. The summed E-state index contributed by atoms with van der Waals surface area (Å²) in [7, 11) is 0. The molecule has 1 aromatic heterocycles. The van der Waals surface area contributed by atoms with Gasteiger partial charge < -0.3 is 4.90 Å². The normalized spacial score (nSPS) is 15.0. The molecule has 35 heavy (non-hydrogen) atoms. The highest BCUT2D eigenvalue weighted by atomic mass is 16.2. The Balaban J connectivity index is 1.79. The number of unbranched alkanes of at least 4 members (excludes halogenated alkanes) is 1. The van der Waals surface area contributed by atoms with Gasteiger partial charge in [-0.2, -0.15) is 0 Å². The highest BCUT2D eigenvalue weighted by Crippen LogP contribution is 2.30. The van der Waals surface area contributed by atoms with Crippen LogP contribution in [0.15, 0.2) is 47.3 Å². The lowest BCUT2D eigenvalue weighted by atomic mass is 10.0. The molecule has 5 nitrogen and oxygen atoms in total. The standard InChI is InChI=1S/C30H39N3O2/c1-5-6-19-32(28(34)18-17-24-11-7-8-12-24)23(4)29-31-26-14-10-9-13-25(26)30(35)33(29)27-20-21(2)15-16-22(27)3/h9-10,13-16,20,23-24H,5-8,11-12,17-19H2,1-4H3. The Labute approximate surface area is 209 Å². The van der Waals surface area contributed by atoms with E-state index in [-0.39, 0.29) is 17.5 Å². The number of benzene rings is 2. The summed E-state index contributed by atoms with van der Waals surface area (Å²) in [5, 5.41) is 0.594. The summed E-state index contributed by atoms with van der Waals surface area (Å²) in [6.45, 7) is 8.90. The van der Waals surface area contributed by atoms with Gasteiger partial charge in [0.05, 0.1) is 22.6 Å². The molecule has 1 aliphatic rings. The predicted octanol–water partition coefficient (Wildman–Crippen LogP) is 6.66. The van der Waals surface area contributed by atoms with E-state index < -0.39 is 0 Å². The lowest BCUT2D eigenvalue weighted by molar-refractivity contribution is -0.134.